The molecule has 0 radical (unpaired) electrons. The molecule has 19 heavy (non-hydrogen) atoms. The highest BCUT2D eigenvalue weighted by molar-refractivity contribution is 5.37. The maximum atomic E-state index is 5.38. The van der Waals surface area contributed by atoms with Crippen LogP contribution in [-0.4, -0.2) is 18.1 Å². The molecule has 0 aliphatic rings. The van der Waals surface area contributed by atoms with Crippen LogP contribution in [0.5, 0.6) is 5.88 Å². The molecule has 3 nitrogen and oxygen atoms in total. The van der Waals surface area contributed by atoms with E-state index < -0.39 is 0 Å². The molecule has 0 saturated carbocycles. The van der Waals surface area contributed by atoms with Crippen molar-refractivity contribution >= 4 is 5.82 Å². The van der Waals surface area contributed by atoms with E-state index in [1.54, 1.807) is 0 Å². The molecule has 1 aromatic heterocycles. The number of benzene rings is 1. The third kappa shape index (κ3) is 3.98. The van der Waals surface area contributed by atoms with Crippen LogP contribution in [0.25, 0.3) is 0 Å². The van der Waals surface area contributed by atoms with Crippen molar-refractivity contribution in [2.45, 2.75) is 20.3 Å². The number of hydrogen-bond donors (Lipinski definition) is 1. The van der Waals surface area contributed by atoms with Gasteiger partial charge in [0.1, 0.15) is 5.82 Å². The number of aryl methyl sites for hydroxylation is 1. The monoisotopic (exact) mass is 256 g/mol. The quantitative estimate of drug-likeness (QED) is 0.859. The minimum atomic E-state index is 0.639. The number of nitrogens with zero attached hydrogens (tertiary/aromatic N) is 1. The first kappa shape index (κ1) is 13.4. The van der Waals surface area contributed by atoms with E-state index in [4.69, 9.17) is 4.74 Å². The Balaban J connectivity index is 1.89. The predicted molar refractivity (Wildman–Crippen MR) is 78.8 cm³/mol. The number of hydrogen-bond acceptors (Lipinski definition) is 3. The van der Waals surface area contributed by atoms with Gasteiger partial charge in [-0.25, -0.2) is 0 Å². The van der Waals surface area contributed by atoms with Crippen molar-refractivity contribution in [2.75, 3.05) is 18.5 Å². The van der Waals surface area contributed by atoms with Gasteiger partial charge >= 0.3 is 0 Å². The number of rotatable bonds is 6. The molecule has 0 atom stereocenters. The highest BCUT2D eigenvalue weighted by atomic mass is 16.5. The molecule has 1 aromatic carbocycles. The van der Waals surface area contributed by atoms with Gasteiger partial charge in [0.05, 0.1) is 6.61 Å². The topological polar surface area (TPSA) is 34.1 Å². The summed E-state index contributed by atoms with van der Waals surface area (Å²) in [4.78, 5) is 4.38. The smallest absolute Gasteiger partial charge is 0.215 e. The normalized spacial score (nSPS) is 10.2. The molecule has 1 N–H and O–H groups in total. The third-order valence-electron chi connectivity index (χ3n) is 2.98. The van der Waals surface area contributed by atoms with Crippen molar-refractivity contribution in [1.82, 2.24) is 4.98 Å². The molecule has 0 saturated heterocycles. The third-order valence-corrected chi connectivity index (χ3v) is 2.98. The molecular weight excluding hydrogens is 236 g/mol. The molecule has 0 aliphatic carbocycles. The Morgan fingerprint density at radius 1 is 1.11 bits per heavy atom. The average molecular weight is 256 g/mol. The number of pyridine rings is 1. The Labute approximate surface area is 114 Å². The summed E-state index contributed by atoms with van der Waals surface area (Å²) in [6, 6.07) is 14.2. The lowest BCUT2D eigenvalue weighted by Gasteiger charge is -2.09. The first-order valence-electron chi connectivity index (χ1n) is 6.68. The number of anilines is 1. The minimum absolute atomic E-state index is 0.639. The van der Waals surface area contributed by atoms with Crippen molar-refractivity contribution in [1.29, 1.82) is 0 Å². The summed E-state index contributed by atoms with van der Waals surface area (Å²) in [5.74, 6) is 1.53. The van der Waals surface area contributed by atoms with Crippen molar-refractivity contribution in [2.24, 2.45) is 0 Å². The van der Waals surface area contributed by atoms with E-state index in [-0.39, 0.29) is 0 Å². The highest BCUT2D eigenvalue weighted by Crippen LogP contribution is 2.12. The Bertz CT molecular complexity index is 526. The van der Waals surface area contributed by atoms with Crippen LogP contribution in [0.1, 0.15) is 18.1 Å². The van der Waals surface area contributed by atoms with Crippen LogP contribution in [0.3, 0.4) is 0 Å². The number of nitrogens with one attached hydrogen (secondary N) is 1. The van der Waals surface area contributed by atoms with Crippen molar-refractivity contribution in [3.05, 3.63) is 53.6 Å². The largest absolute Gasteiger partial charge is 0.478 e. The summed E-state index contributed by atoms with van der Waals surface area (Å²) < 4.78 is 5.38. The zero-order valence-corrected chi connectivity index (χ0v) is 11.5. The van der Waals surface area contributed by atoms with Gasteiger partial charge in [-0.2, -0.15) is 4.98 Å². The minimum Gasteiger partial charge on any atom is -0.478 e. The molecular formula is C16H20N2O. The van der Waals surface area contributed by atoms with Gasteiger partial charge in [-0.1, -0.05) is 30.3 Å². The van der Waals surface area contributed by atoms with Crippen LogP contribution in [-0.2, 0) is 6.42 Å². The van der Waals surface area contributed by atoms with Gasteiger partial charge in [-0.05, 0) is 37.5 Å². The van der Waals surface area contributed by atoms with E-state index in [1.165, 1.54) is 11.1 Å². The van der Waals surface area contributed by atoms with E-state index in [9.17, 15) is 0 Å². The molecule has 0 bridgehead atoms. The highest BCUT2D eigenvalue weighted by Gasteiger charge is 1.99. The summed E-state index contributed by atoms with van der Waals surface area (Å²) in [6.07, 6.45) is 0.993. The van der Waals surface area contributed by atoms with Crippen LogP contribution >= 0.6 is 0 Å². The van der Waals surface area contributed by atoms with E-state index in [0.717, 1.165) is 18.8 Å². The van der Waals surface area contributed by atoms with E-state index in [1.807, 2.05) is 25.1 Å². The van der Waals surface area contributed by atoms with Gasteiger partial charge in [0.25, 0.3) is 0 Å². The first-order valence-corrected chi connectivity index (χ1v) is 6.68. The molecule has 2 aromatic rings. The molecule has 3 heteroatoms. The van der Waals surface area contributed by atoms with Crippen LogP contribution in [0, 0.1) is 6.92 Å². The average Bonchev–Trinajstić information content (AvgIpc) is 2.42. The maximum absolute atomic E-state index is 5.38. The van der Waals surface area contributed by atoms with Crippen LogP contribution in [0.2, 0.25) is 0 Å². The van der Waals surface area contributed by atoms with Gasteiger partial charge in [0, 0.05) is 12.6 Å². The van der Waals surface area contributed by atoms with Gasteiger partial charge < -0.3 is 10.1 Å². The summed E-state index contributed by atoms with van der Waals surface area (Å²) in [7, 11) is 0. The standard InChI is InChI=1S/C16H20N2O/c1-3-19-16-10-6-9-15(18-16)17-12-11-14-8-5-4-7-13(14)2/h4-10H,3,11-12H2,1-2H3,(H,17,18). The fourth-order valence-corrected chi connectivity index (χ4v) is 1.96. The molecule has 0 spiro atoms. The summed E-state index contributed by atoms with van der Waals surface area (Å²) in [5.41, 5.74) is 2.70. The Kier molecular flexibility index (Phi) is 4.78. The Hall–Kier alpha value is -2.03. The fourth-order valence-electron chi connectivity index (χ4n) is 1.96. The molecule has 0 fully saturated rings. The lowest BCUT2D eigenvalue weighted by atomic mass is 10.1. The van der Waals surface area contributed by atoms with Gasteiger partial charge in [-0.3, -0.25) is 0 Å². The summed E-state index contributed by atoms with van der Waals surface area (Å²) >= 11 is 0. The zero-order valence-electron chi connectivity index (χ0n) is 11.5. The molecule has 0 unspecified atom stereocenters. The van der Waals surface area contributed by atoms with E-state index in [2.05, 4.69) is 41.5 Å². The summed E-state index contributed by atoms with van der Waals surface area (Å²) in [6.45, 7) is 5.61. The lowest BCUT2D eigenvalue weighted by molar-refractivity contribution is 0.327. The zero-order chi connectivity index (χ0) is 13.5. The molecule has 0 amide bonds. The maximum Gasteiger partial charge on any atom is 0.215 e. The van der Waals surface area contributed by atoms with Gasteiger partial charge in [-0.15, -0.1) is 0 Å². The second kappa shape index (κ2) is 6.78. The second-order valence-electron chi connectivity index (χ2n) is 4.40. The number of aromatic nitrogens is 1. The Morgan fingerprint density at radius 2 is 1.95 bits per heavy atom. The van der Waals surface area contributed by atoms with Gasteiger partial charge in [0.15, 0.2) is 0 Å². The predicted octanol–water partition coefficient (Wildman–Crippen LogP) is 3.44. The summed E-state index contributed by atoms with van der Waals surface area (Å²) in [5, 5.41) is 3.33. The molecule has 1 heterocycles. The lowest BCUT2D eigenvalue weighted by Crippen LogP contribution is -2.07. The van der Waals surface area contributed by atoms with Crippen molar-refractivity contribution in [3.8, 4) is 5.88 Å². The SMILES string of the molecule is CCOc1cccc(NCCc2ccccc2C)n1. The first-order chi connectivity index (χ1) is 9.29. The van der Waals surface area contributed by atoms with E-state index in [0.29, 0.717) is 12.5 Å². The van der Waals surface area contributed by atoms with Gasteiger partial charge in [0.2, 0.25) is 5.88 Å². The van der Waals surface area contributed by atoms with Crippen LogP contribution < -0.4 is 10.1 Å². The second-order valence-corrected chi connectivity index (χ2v) is 4.40. The molecule has 100 valence electrons. The van der Waals surface area contributed by atoms with Crippen molar-refractivity contribution in [3.63, 3.8) is 0 Å². The van der Waals surface area contributed by atoms with Crippen molar-refractivity contribution < 1.29 is 4.74 Å². The molecule has 0 aliphatic heterocycles. The van der Waals surface area contributed by atoms with E-state index >= 15 is 0 Å². The molecule has 2 rings (SSSR count). The van der Waals surface area contributed by atoms with Crippen LogP contribution in [0.4, 0.5) is 5.82 Å². The van der Waals surface area contributed by atoms with Crippen LogP contribution in [0.15, 0.2) is 42.5 Å². The fraction of sp³-hybridized carbons (Fsp3) is 0.312. The number of ether oxygens (including phenoxy) is 1. The Morgan fingerprint density at radius 3 is 2.74 bits per heavy atom.